The van der Waals surface area contributed by atoms with Crippen LogP contribution < -0.4 is 0 Å². The van der Waals surface area contributed by atoms with Crippen molar-refractivity contribution in [2.24, 2.45) is 23.7 Å². The summed E-state index contributed by atoms with van der Waals surface area (Å²) in [5, 5.41) is 34.2. The normalized spacial score (nSPS) is 49.1. The molecule has 3 N–H and O–H groups in total. The van der Waals surface area contributed by atoms with Gasteiger partial charge in [-0.25, -0.2) is 0 Å². The number of esters is 1. The number of hydrogen-bond donors (Lipinski definition) is 3. The zero-order valence-electron chi connectivity index (χ0n) is 38.2. The summed E-state index contributed by atoms with van der Waals surface area (Å²) in [7, 11) is 3.22. The van der Waals surface area contributed by atoms with Crippen molar-refractivity contribution in [2.75, 3.05) is 20.8 Å². The van der Waals surface area contributed by atoms with Gasteiger partial charge >= 0.3 is 5.97 Å². The molecule has 0 aromatic heterocycles. The van der Waals surface area contributed by atoms with Crippen molar-refractivity contribution in [2.45, 2.75) is 191 Å². The zero-order valence-corrected chi connectivity index (χ0v) is 38.2. The lowest BCUT2D eigenvalue weighted by molar-refractivity contribution is -0.318. The largest absolute Gasteiger partial charge is 0.462 e. The Labute approximate surface area is 367 Å². The van der Waals surface area contributed by atoms with Gasteiger partial charge in [-0.2, -0.15) is 0 Å². The molecule has 9 unspecified atom stereocenters. The molecule has 14 nitrogen and oxygen atoms in total. The molecule has 0 amide bonds. The summed E-state index contributed by atoms with van der Waals surface area (Å²) in [6.45, 7) is 16.1. The Balaban J connectivity index is 1.18. The van der Waals surface area contributed by atoms with Gasteiger partial charge in [-0.15, -0.1) is 0 Å². The molecular weight excluding hydrogens is 801 g/mol. The van der Waals surface area contributed by atoms with Crippen LogP contribution in [-0.2, 0) is 52.2 Å². The number of fused-ring (bicyclic) bond motifs is 2. The predicted molar refractivity (Wildman–Crippen MR) is 227 cm³/mol. The summed E-state index contributed by atoms with van der Waals surface area (Å²) in [5.74, 6) is -2.56. The average molecular weight is 873 g/mol. The van der Waals surface area contributed by atoms with Gasteiger partial charge in [0.15, 0.2) is 18.4 Å². The molecule has 62 heavy (non-hydrogen) atoms. The average Bonchev–Trinajstić information content (AvgIpc) is 3.58. The SMILES string of the molecule is CCC(C)[C@H]1O[C@]2(C=C[C@@H]1C)C[C@@H]1C[C@@H](C/C=C(\C)[C@@H](OC3CC(OC)C(OC4CC(OC)C(O)C(C)O4)C(C)O3)[C@@H](C)/C=C/C=C3\CO[C@@H]4[C@H](O)C(C)=C[C@@H](C(=O)O1)[C@]34O)O2. The lowest BCUT2D eigenvalue weighted by Crippen LogP contribution is -2.58. The Bertz CT molecular complexity index is 1730. The second-order valence-electron chi connectivity index (χ2n) is 19.0. The van der Waals surface area contributed by atoms with Crippen molar-refractivity contribution < 1.29 is 67.5 Å². The van der Waals surface area contributed by atoms with E-state index >= 15 is 0 Å². The predicted octanol–water partition coefficient (Wildman–Crippen LogP) is 5.38. The van der Waals surface area contributed by atoms with Crippen LogP contribution in [0.25, 0.3) is 0 Å². The second-order valence-corrected chi connectivity index (χ2v) is 19.0. The van der Waals surface area contributed by atoms with E-state index in [1.54, 1.807) is 40.2 Å². The molecule has 6 heterocycles. The second kappa shape index (κ2) is 19.7. The first kappa shape index (κ1) is 47.6. The Kier molecular flexibility index (Phi) is 15.1. The third kappa shape index (κ3) is 9.64. The zero-order chi connectivity index (χ0) is 44.7. The Morgan fingerprint density at radius 2 is 1.60 bits per heavy atom. The van der Waals surface area contributed by atoms with E-state index in [0.717, 1.165) is 12.0 Å². The molecule has 0 saturated carbocycles. The fourth-order valence-corrected chi connectivity index (χ4v) is 10.6. The third-order valence-electron chi connectivity index (χ3n) is 14.5. The highest BCUT2D eigenvalue weighted by Crippen LogP contribution is 2.47. The molecule has 4 fully saturated rings. The van der Waals surface area contributed by atoms with Crippen LogP contribution >= 0.6 is 0 Å². The lowest BCUT2D eigenvalue weighted by atomic mass is 9.71. The highest BCUT2D eigenvalue weighted by atomic mass is 16.7. The number of ether oxygens (including phenoxy) is 10. The lowest BCUT2D eigenvalue weighted by Gasteiger charge is -2.48. The van der Waals surface area contributed by atoms with Gasteiger partial charge in [-0.3, -0.25) is 4.79 Å². The summed E-state index contributed by atoms with van der Waals surface area (Å²) in [6, 6.07) is 0. The maximum Gasteiger partial charge on any atom is 0.316 e. The maximum absolute atomic E-state index is 14.3. The first-order chi connectivity index (χ1) is 29.5. The van der Waals surface area contributed by atoms with Crippen LogP contribution in [0.3, 0.4) is 0 Å². The van der Waals surface area contributed by atoms with E-state index in [-0.39, 0.29) is 42.7 Å². The number of aliphatic hydroxyl groups excluding tert-OH is 2. The molecule has 1 aliphatic carbocycles. The van der Waals surface area contributed by atoms with Crippen molar-refractivity contribution in [1.82, 2.24) is 0 Å². The Hall–Kier alpha value is -2.31. The summed E-state index contributed by atoms with van der Waals surface area (Å²) >= 11 is 0. The number of aliphatic hydroxyl groups is 3. The first-order valence-corrected chi connectivity index (χ1v) is 22.9. The van der Waals surface area contributed by atoms with E-state index in [2.05, 4.69) is 39.8 Å². The van der Waals surface area contributed by atoms with E-state index in [0.29, 0.717) is 43.3 Å². The molecule has 6 aliphatic heterocycles. The van der Waals surface area contributed by atoms with Gasteiger partial charge in [0.25, 0.3) is 0 Å². The molecule has 20 atom stereocenters. The van der Waals surface area contributed by atoms with Gasteiger partial charge in [-0.05, 0) is 62.8 Å². The fraction of sp³-hybridized carbons (Fsp3) is 0.771. The van der Waals surface area contributed by atoms with Gasteiger partial charge in [0.2, 0.25) is 0 Å². The van der Waals surface area contributed by atoms with Crippen molar-refractivity contribution in [3.8, 4) is 0 Å². The fourth-order valence-electron chi connectivity index (χ4n) is 10.6. The van der Waals surface area contributed by atoms with Crippen LogP contribution in [0.1, 0.15) is 93.9 Å². The van der Waals surface area contributed by atoms with E-state index < -0.39 is 90.8 Å². The molecule has 348 valence electrons. The smallest absolute Gasteiger partial charge is 0.316 e. The summed E-state index contributed by atoms with van der Waals surface area (Å²) < 4.78 is 63.7. The minimum atomic E-state index is -1.84. The van der Waals surface area contributed by atoms with Crippen LogP contribution in [0.15, 0.2) is 59.3 Å². The topological polar surface area (TPSA) is 170 Å². The Morgan fingerprint density at radius 3 is 2.32 bits per heavy atom. The van der Waals surface area contributed by atoms with Crippen LogP contribution in [0.4, 0.5) is 0 Å². The highest BCUT2D eigenvalue weighted by molar-refractivity contribution is 5.78. The standard InChI is InChI=1S/C48H72O14/c1-11-25(2)43-28(5)17-18-47(62-43)23-34-20-33(61-47)16-15-27(4)42(26(3)13-12-14-32-24-55-45-40(49)29(6)19-35(46(51)58-34)48(32,45)52)59-39-22-37(54-10)44(31(8)57-39)60-38-21-36(53-9)41(50)30(7)56-38/h12-15,17-19,25-26,28,30-31,33-45,49-50,52H,11,16,20-24H2,1-10H3/b13-12+,27-15+,32-14+/t25?,26-,28-,30?,31?,33+,34-,35-,36?,37?,38?,39?,40+,41?,42-,43+,44?,45+,47+,48+/m0/s1. The number of methoxy groups -OCH3 is 2. The minimum Gasteiger partial charge on any atom is -0.462 e. The van der Waals surface area contributed by atoms with Gasteiger partial charge in [-0.1, -0.05) is 70.6 Å². The van der Waals surface area contributed by atoms with Crippen molar-refractivity contribution in [1.29, 1.82) is 0 Å². The molecule has 0 aromatic rings. The summed E-state index contributed by atoms with van der Waals surface area (Å²) in [6.07, 6.45) is 8.55. The molecule has 1 spiro atoms. The Morgan fingerprint density at radius 1 is 0.887 bits per heavy atom. The quantitative estimate of drug-likeness (QED) is 0.210. The summed E-state index contributed by atoms with van der Waals surface area (Å²) in [4.78, 5) is 14.3. The highest BCUT2D eigenvalue weighted by Gasteiger charge is 2.60. The van der Waals surface area contributed by atoms with E-state index in [1.807, 2.05) is 32.1 Å². The number of carbonyl (C=O) groups excluding carboxylic acids is 1. The molecule has 4 saturated heterocycles. The molecule has 7 aliphatic rings. The first-order valence-electron chi connectivity index (χ1n) is 22.9. The molecule has 0 aromatic carbocycles. The molecular formula is C48H72O14. The van der Waals surface area contributed by atoms with E-state index in [9.17, 15) is 20.1 Å². The number of allylic oxidation sites excluding steroid dienone is 2. The van der Waals surface area contributed by atoms with Crippen molar-refractivity contribution in [3.05, 3.63) is 59.3 Å². The van der Waals surface area contributed by atoms with Gasteiger partial charge < -0.3 is 62.7 Å². The number of rotatable bonds is 8. The van der Waals surface area contributed by atoms with Crippen LogP contribution in [-0.4, -0.2) is 139 Å². The van der Waals surface area contributed by atoms with Crippen LogP contribution in [0.5, 0.6) is 0 Å². The monoisotopic (exact) mass is 872 g/mol. The molecule has 7 rings (SSSR count). The molecule has 14 heteroatoms. The van der Waals surface area contributed by atoms with Crippen LogP contribution in [0, 0.1) is 23.7 Å². The maximum atomic E-state index is 14.3. The minimum absolute atomic E-state index is 0.0317. The van der Waals surface area contributed by atoms with E-state index in [4.69, 9.17) is 47.4 Å². The number of carbonyl (C=O) groups is 1. The van der Waals surface area contributed by atoms with Crippen molar-refractivity contribution >= 4 is 5.97 Å². The molecule has 2 bridgehead atoms. The van der Waals surface area contributed by atoms with Crippen LogP contribution in [0.2, 0.25) is 0 Å². The third-order valence-corrected chi connectivity index (χ3v) is 14.5. The van der Waals surface area contributed by atoms with Gasteiger partial charge in [0, 0.05) is 51.7 Å². The number of hydrogen-bond acceptors (Lipinski definition) is 14. The van der Waals surface area contributed by atoms with E-state index in [1.165, 1.54) is 0 Å². The van der Waals surface area contributed by atoms with Gasteiger partial charge in [0.1, 0.15) is 42.0 Å². The molecule has 0 radical (unpaired) electrons. The van der Waals surface area contributed by atoms with Gasteiger partial charge in [0.05, 0.1) is 49.3 Å². The summed E-state index contributed by atoms with van der Waals surface area (Å²) in [5.41, 5.74) is 0.134. The van der Waals surface area contributed by atoms with Crippen molar-refractivity contribution in [3.63, 3.8) is 0 Å².